The first-order valence-electron chi connectivity index (χ1n) is 22.4. The molecule has 3 unspecified atom stereocenters. The molecule has 5 N–H and O–H groups in total. The van der Waals surface area contributed by atoms with E-state index in [0.29, 0.717) is 12.8 Å². The van der Waals surface area contributed by atoms with Crippen molar-refractivity contribution >= 4 is 35.9 Å². The maximum atomic E-state index is 14.5. The summed E-state index contributed by atoms with van der Waals surface area (Å²) in [4.78, 5) is 81.7. The number of unbranched alkanes of at least 4 members (excludes halogenated alkanes) is 1. The molecule has 0 aliphatic rings. The molecule has 0 saturated carbocycles. The maximum Gasteiger partial charge on any atom is 0.408 e. The van der Waals surface area contributed by atoms with Gasteiger partial charge in [0, 0.05) is 19.4 Å². The number of nitrogens with one attached hydrogen (secondary N) is 5. The lowest BCUT2D eigenvalue weighted by Crippen LogP contribution is -2.56. The number of carbonyl (C=O) groups excluding carboxylic acids is 6. The fourth-order valence-corrected chi connectivity index (χ4v) is 7.48. The molecule has 0 aromatic heterocycles. The summed E-state index contributed by atoms with van der Waals surface area (Å²) in [6, 6.07) is 43.0. The largest absolute Gasteiger partial charge is 0.467 e. The second-order valence-corrected chi connectivity index (χ2v) is 17.0. The normalized spacial score (nSPS) is 12.5. The van der Waals surface area contributed by atoms with Crippen LogP contribution >= 0.6 is 0 Å². The van der Waals surface area contributed by atoms with Gasteiger partial charge >= 0.3 is 18.2 Å². The van der Waals surface area contributed by atoms with Crippen LogP contribution in [0, 0.1) is 0 Å². The minimum atomic E-state index is -1.38. The summed E-state index contributed by atoms with van der Waals surface area (Å²) in [7, 11) is 1.20. The number of hydrogen-bond donors (Lipinski definition) is 5. The third-order valence-electron chi connectivity index (χ3n) is 10.7. The highest BCUT2D eigenvalue weighted by molar-refractivity contribution is 5.93. The highest BCUT2D eigenvalue weighted by atomic mass is 16.6. The fourth-order valence-electron chi connectivity index (χ4n) is 7.48. The molecule has 5 rings (SSSR count). The molecule has 67 heavy (non-hydrogen) atoms. The Morgan fingerprint density at radius 2 is 1.01 bits per heavy atom. The van der Waals surface area contributed by atoms with Crippen molar-refractivity contribution in [3.8, 4) is 0 Å². The van der Waals surface area contributed by atoms with E-state index in [9.17, 15) is 28.8 Å². The van der Waals surface area contributed by atoms with Crippen molar-refractivity contribution in [2.75, 3.05) is 13.7 Å². The molecule has 0 bridgehead atoms. The lowest BCUT2D eigenvalue weighted by molar-refractivity contribution is -0.145. The second-order valence-electron chi connectivity index (χ2n) is 17.0. The molecule has 0 aliphatic carbocycles. The highest BCUT2D eigenvalue weighted by Crippen LogP contribution is 2.37. The van der Waals surface area contributed by atoms with Crippen molar-refractivity contribution in [2.45, 2.75) is 95.2 Å². The molecule has 0 spiro atoms. The van der Waals surface area contributed by atoms with E-state index in [1.54, 1.807) is 57.2 Å². The van der Waals surface area contributed by atoms with E-state index in [4.69, 9.17) is 14.2 Å². The first-order valence-corrected chi connectivity index (χ1v) is 22.4. The third-order valence-corrected chi connectivity index (χ3v) is 10.7. The number of carbonyl (C=O) groups is 6. The van der Waals surface area contributed by atoms with Crippen LogP contribution in [0.4, 0.5) is 9.59 Å². The van der Waals surface area contributed by atoms with Crippen LogP contribution in [-0.2, 0) is 52.0 Å². The number of amides is 5. The minimum Gasteiger partial charge on any atom is -0.467 e. The van der Waals surface area contributed by atoms with Gasteiger partial charge in [-0.3, -0.25) is 14.4 Å². The van der Waals surface area contributed by atoms with Crippen molar-refractivity contribution in [3.63, 3.8) is 0 Å². The zero-order valence-electron chi connectivity index (χ0n) is 38.5. The Labute approximate surface area is 392 Å². The van der Waals surface area contributed by atoms with Gasteiger partial charge in [-0.2, -0.15) is 0 Å². The van der Waals surface area contributed by atoms with Gasteiger partial charge in [0.1, 0.15) is 35.9 Å². The molecule has 5 aromatic carbocycles. The van der Waals surface area contributed by atoms with Crippen molar-refractivity contribution in [2.24, 2.45) is 0 Å². The first-order chi connectivity index (χ1) is 32.3. The van der Waals surface area contributed by atoms with Gasteiger partial charge in [-0.15, -0.1) is 0 Å². The molecular weight excluding hydrogens is 851 g/mol. The number of rotatable bonds is 22. The van der Waals surface area contributed by atoms with Gasteiger partial charge in [-0.05, 0) is 74.3 Å². The van der Waals surface area contributed by atoms with E-state index in [1.807, 2.05) is 115 Å². The molecule has 0 fully saturated rings. The van der Waals surface area contributed by atoms with E-state index in [1.165, 1.54) is 7.11 Å². The number of ether oxygens (including phenoxy) is 3. The van der Waals surface area contributed by atoms with Gasteiger partial charge in [0.25, 0.3) is 0 Å². The smallest absolute Gasteiger partial charge is 0.408 e. The second kappa shape index (κ2) is 25.3. The van der Waals surface area contributed by atoms with Gasteiger partial charge in [0.15, 0.2) is 0 Å². The average Bonchev–Trinajstić information content (AvgIpc) is 3.33. The van der Waals surface area contributed by atoms with Gasteiger partial charge in [-0.1, -0.05) is 152 Å². The van der Waals surface area contributed by atoms with Crippen LogP contribution < -0.4 is 26.6 Å². The molecular formula is C53H61N5O9. The maximum absolute atomic E-state index is 14.5. The number of esters is 1. The highest BCUT2D eigenvalue weighted by Gasteiger charge is 2.38. The molecule has 0 saturated heterocycles. The monoisotopic (exact) mass is 911 g/mol. The first kappa shape index (κ1) is 50.5. The zero-order valence-corrected chi connectivity index (χ0v) is 38.5. The Bertz CT molecular complexity index is 2250. The van der Waals surface area contributed by atoms with Crippen LogP contribution in [0.15, 0.2) is 152 Å². The predicted molar refractivity (Wildman–Crippen MR) is 254 cm³/mol. The Kier molecular flexibility index (Phi) is 19.1. The molecule has 5 amide bonds. The summed E-state index contributed by atoms with van der Waals surface area (Å²) in [5.74, 6) is -2.64. The average molecular weight is 912 g/mol. The number of hydrogen-bond acceptors (Lipinski definition) is 9. The van der Waals surface area contributed by atoms with Crippen molar-refractivity contribution in [1.29, 1.82) is 0 Å². The molecule has 0 radical (unpaired) electrons. The Balaban J connectivity index is 1.40. The lowest BCUT2D eigenvalue weighted by atomic mass is 9.77. The van der Waals surface area contributed by atoms with Crippen molar-refractivity contribution in [1.82, 2.24) is 26.6 Å². The summed E-state index contributed by atoms with van der Waals surface area (Å²) in [6.07, 6.45) is -0.875. The van der Waals surface area contributed by atoms with Gasteiger partial charge in [0.2, 0.25) is 17.7 Å². The molecule has 3 atom stereocenters. The Hall–Kier alpha value is -7.48. The summed E-state index contributed by atoms with van der Waals surface area (Å²) in [5, 5.41) is 14.2. The molecule has 0 aliphatic heterocycles. The van der Waals surface area contributed by atoms with Crippen LogP contribution in [0.2, 0.25) is 0 Å². The number of methoxy groups -OCH3 is 1. The summed E-state index contributed by atoms with van der Waals surface area (Å²) in [5.41, 5.74) is 2.01. The van der Waals surface area contributed by atoms with E-state index >= 15 is 0 Å². The molecule has 0 heterocycles. The summed E-state index contributed by atoms with van der Waals surface area (Å²) in [6.45, 7) is 5.48. The fraction of sp³-hybridized carbons (Fsp3) is 0.321. The summed E-state index contributed by atoms with van der Waals surface area (Å²) >= 11 is 0. The van der Waals surface area contributed by atoms with Gasteiger partial charge in [-0.25, -0.2) is 14.4 Å². The van der Waals surface area contributed by atoms with E-state index in [-0.39, 0.29) is 38.8 Å². The lowest BCUT2D eigenvalue weighted by Gasteiger charge is -2.37. The standard InChI is InChI=1S/C53H61N5O9/c1-52(2,3)67-50(63)54-35-21-20-32-44(49(62)65-4)56-47(60)43(55-48(61)45(36-38-22-10-5-11-23-38)57-51(64)66-37-39-24-12-6-13-25-39)33-34-46(59)58-53(40-26-14-7-15-27-40,41-28-16-8-17-29-41)42-30-18-9-19-31-42/h5-19,22-31,43-45H,20-21,32-37H2,1-4H3,(H,54,63)(H,55,61)(H,56,60)(H,57,64)(H,58,59). The Morgan fingerprint density at radius 3 is 1.52 bits per heavy atom. The van der Waals surface area contributed by atoms with Crippen molar-refractivity contribution < 1.29 is 43.0 Å². The quantitative estimate of drug-likeness (QED) is 0.0206. The van der Waals surface area contributed by atoms with E-state index in [2.05, 4.69) is 26.6 Å². The van der Waals surface area contributed by atoms with E-state index in [0.717, 1.165) is 27.8 Å². The minimum absolute atomic E-state index is 0.0395. The van der Waals surface area contributed by atoms with E-state index < -0.39 is 65.1 Å². The third kappa shape index (κ3) is 15.9. The van der Waals surface area contributed by atoms with Gasteiger partial charge < -0.3 is 40.8 Å². The van der Waals surface area contributed by atoms with Crippen LogP contribution in [0.1, 0.15) is 80.7 Å². The number of alkyl carbamates (subject to hydrolysis) is 2. The molecule has 14 nitrogen and oxygen atoms in total. The van der Waals surface area contributed by atoms with Crippen LogP contribution in [0.5, 0.6) is 0 Å². The molecule has 352 valence electrons. The van der Waals surface area contributed by atoms with Crippen molar-refractivity contribution in [3.05, 3.63) is 179 Å². The van der Waals surface area contributed by atoms with Crippen LogP contribution in [0.25, 0.3) is 0 Å². The van der Waals surface area contributed by atoms with Crippen LogP contribution in [-0.4, -0.2) is 73.3 Å². The predicted octanol–water partition coefficient (Wildman–Crippen LogP) is 7.25. The van der Waals surface area contributed by atoms with Gasteiger partial charge in [0.05, 0.1) is 7.11 Å². The van der Waals surface area contributed by atoms with Crippen LogP contribution in [0.3, 0.4) is 0 Å². The summed E-state index contributed by atoms with van der Waals surface area (Å²) < 4.78 is 15.8. The number of benzene rings is 5. The Morgan fingerprint density at radius 1 is 0.537 bits per heavy atom. The molecule has 5 aromatic rings. The SMILES string of the molecule is COC(=O)C(CCCCNC(=O)OC(C)(C)C)NC(=O)C(CCC(=O)NC(c1ccccc1)(c1ccccc1)c1ccccc1)NC(=O)C(Cc1ccccc1)NC(=O)OCc1ccccc1. The molecule has 14 heteroatoms. The topological polar surface area (TPSA) is 190 Å². The zero-order chi connectivity index (χ0) is 48.1.